The summed E-state index contributed by atoms with van der Waals surface area (Å²) in [4.78, 5) is 9.59. The van der Waals surface area contributed by atoms with Gasteiger partial charge in [0.05, 0.1) is 0 Å². The minimum atomic E-state index is -0.0640. The van der Waals surface area contributed by atoms with Crippen molar-refractivity contribution in [1.82, 2.24) is 9.55 Å². The van der Waals surface area contributed by atoms with Gasteiger partial charge < -0.3 is 19.1 Å². The number of anilines is 4. The summed E-state index contributed by atoms with van der Waals surface area (Å²) in [5.41, 5.74) is 17.2. The average Bonchev–Trinajstić information content (AvgIpc) is 3.88. The molecule has 0 N–H and O–H groups in total. The van der Waals surface area contributed by atoms with Crippen LogP contribution in [0.15, 0.2) is 152 Å². The summed E-state index contributed by atoms with van der Waals surface area (Å²) in [5.74, 6) is 2.04. The van der Waals surface area contributed by atoms with Crippen LogP contribution in [0.1, 0.15) is 132 Å². The predicted octanol–water partition coefficient (Wildman–Crippen LogP) is 18.8. The van der Waals surface area contributed by atoms with Crippen molar-refractivity contribution in [3.05, 3.63) is 198 Å². The van der Waals surface area contributed by atoms with Crippen LogP contribution < -0.4 is 14.5 Å². The third-order valence-electron chi connectivity index (χ3n) is 14.5. The number of hydrogen-bond donors (Lipinski definition) is 0. The fourth-order valence-electron chi connectivity index (χ4n) is 9.83. The Hall–Kier alpha value is -6.42. The standard InChI is InChI=1S/C68H71N4O.Pt/c1-64(2,3)48-25-29-60-62(39-48)70(43-71(60)54-35-47(44-20-17-16-18-21-44)34-52(38-54)68(13,14)15)53-22-19-23-55(41-53)73-56-26-27-57-58-36-45(46-32-50(66(7,8)9)37-51(33-46)67(10,11)12)24-28-59(58)72(61(57)42-56)63-40-49(30-31-69-63)65(4,5)6;/h16-40,43H,1-15H3;/q-3;. The summed E-state index contributed by atoms with van der Waals surface area (Å²) in [6.07, 6.45) is 1.93. The molecule has 1 aliphatic heterocycles. The Morgan fingerprint density at radius 1 is 0.432 bits per heavy atom. The van der Waals surface area contributed by atoms with E-state index in [2.05, 4.69) is 270 Å². The molecule has 3 heterocycles. The first-order valence-electron chi connectivity index (χ1n) is 25.9. The van der Waals surface area contributed by atoms with Crippen LogP contribution in [-0.2, 0) is 48.1 Å². The molecule has 0 saturated carbocycles. The van der Waals surface area contributed by atoms with Crippen LogP contribution in [0.5, 0.6) is 11.5 Å². The van der Waals surface area contributed by atoms with Gasteiger partial charge in [0.1, 0.15) is 5.82 Å². The van der Waals surface area contributed by atoms with Crippen LogP contribution in [0.4, 0.5) is 22.7 Å². The Kier molecular flexibility index (Phi) is 13.5. The van der Waals surface area contributed by atoms with Gasteiger partial charge in [0.2, 0.25) is 0 Å². The summed E-state index contributed by atoms with van der Waals surface area (Å²) in [6.45, 7) is 36.4. The number of aromatic nitrogens is 2. The van der Waals surface area contributed by atoms with Gasteiger partial charge in [0.15, 0.2) is 0 Å². The summed E-state index contributed by atoms with van der Waals surface area (Å²) in [6, 6.07) is 60.7. The van der Waals surface area contributed by atoms with E-state index in [1.165, 1.54) is 50.1 Å². The Labute approximate surface area is 455 Å². The van der Waals surface area contributed by atoms with Gasteiger partial charge in [0, 0.05) is 61.3 Å². The number of rotatable bonds is 7. The van der Waals surface area contributed by atoms with Crippen molar-refractivity contribution in [2.75, 3.05) is 9.80 Å². The van der Waals surface area contributed by atoms with Gasteiger partial charge in [-0.05, 0) is 125 Å². The SMILES string of the molecule is CC(C)(C)c1cc(-c2ccccc2)cc(N2[CH-]N(c3[c-]c(Oc4[c-]c5c(cc4)c4cc(-c6cc(C(C)(C)C)cc(C(C)(C)C)c6)ccc4n5-c4cc(C(C)(C)C)ccn4)ccc3)c3cc(C(C)(C)C)ccc32)c1.[Pt]. The molecule has 0 amide bonds. The summed E-state index contributed by atoms with van der Waals surface area (Å²) >= 11 is 0. The number of benzene rings is 7. The van der Waals surface area contributed by atoms with Gasteiger partial charge in [-0.3, -0.25) is 0 Å². The Morgan fingerprint density at radius 3 is 1.69 bits per heavy atom. The van der Waals surface area contributed by atoms with E-state index in [-0.39, 0.29) is 48.1 Å². The molecule has 0 atom stereocenters. The molecule has 0 fully saturated rings. The van der Waals surface area contributed by atoms with Crippen molar-refractivity contribution in [2.45, 2.75) is 131 Å². The number of fused-ring (bicyclic) bond motifs is 4. The maximum Gasteiger partial charge on any atom is 0.135 e. The Bertz CT molecular complexity index is 3520. The number of hydrogen-bond acceptors (Lipinski definition) is 4. The molecule has 7 aromatic carbocycles. The van der Waals surface area contributed by atoms with E-state index in [0.717, 1.165) is 50.4 Å². The van der Waals surface area contributed by atoms with Crippen molar-refractivity contribution in [1.29, 1.82) is 0 Å². The molecular formula is C68H71N4OPt-3. The second kappa shape index (κ2) is 19.1. The molecule has 0 spiro atoms. The van der Waals surface area contributed by atoms with Gasteiger partial charge in [-0.1, -0.05) is 182 Å². The minimum absolute atomic E-state index is 0. The molecule has 0 saturated heterocycles. The molecule has 9 aromatic rings. The van der Waals surface area contributed by atoms with E-state index in [0.29, 0.717) is 11.5 Å². The largest absolute Gasteiger partial charge is 0.509 e. The molecule has 0 unspecified atom stereocenters. The van der Waals surface area contributed by atoms with Gasteiger partial charge in [-0.15, -0.1) is 48.1 Å². The fraction of sp³-hybridized carbons (Fsp3) is 0.294. The van der Waals surface area contributed by atoms with Crippen LogP contribution in [0.3, 0.4) is 0 Å². The molecule has 10 rings (SSSR count). The van der Waals surface area contributed by atoms with E-state index < -0.39 is 0 Å². The van der Waals surface area contributed by atoms with Crippen molar-refractivity contribution >= 4 is 44.6 Å². The zero-order valence-electron chi connectivity index (χ0n) is 46.0. The Balaban J connectivity index is 0.00000672. The van der Waals surface area contributed by atoms with Crippen LogP contribution in [0, 0.1) is 18.8 Å². The summed E-state index contributed by atoms with van der Waals surface area (Å²) in [5, 5.41) is 2.22. The first-order chi connectivity index (χ1) is 34.3. The molecule has 1 aliphatic rings. The summed E-state index contributed by atoms with van der Waals surface area (Å²) in [7, 11) is 0. The van der Waals surface area contributed by atoms with Crippen molar-refractivity contribution in [3.8, 4) is 39.6 Å². The predicted molar refractivity (Wildman–Crippen MR) is 309 cm³/mol. The van der Waals surface area contributed by atoms with Crippen LogP contribution >= 0.6 is 0 Å². The van der Waals surface area contributed by atoms with Gasteiger partial charge in [-0.25, -0.2) is 4.98 Å². The van der Waals surface area contributed by atoms with Crippen LogP contribution in [0.25, 0.3) is 49.9 Å². The van der Waals surface area contributed by atoms with E-state index in [9.17, 15) is 0 Å². The number of nitrogens with zero attached hydrogens (tertiary/aromatic N) is 4. The second-order valence-corrected chi connectivity index (χ2v) is 25.3. The molecule has 2 aromatic heterocycles. The zero-order valence-corrected chi connectivity index (χ0v) is 48.3. The van der Waals surface area contributed by atoms with Crippen molar-refractivity contribution in [3.63, 3.8) is 0 Å². The molecule has 0 aliphatic carbocycles. The van der Waals surface area contributed by atoms with Crippen molar-refractivity contribution in [2.24, 2.45) is 0 Å². The second-order valence-electron chi connectivity index (χ2n) is 25.3. The number of ether oxygens (including phenoxy) is 1. The monoisotopic (exact) mass is 1150 g/mol. The smallest absolute Gasteiger partial charge is 0.135 e. The first-order valence-corrected chi connectivity index (χ1v) is 25.9. The molecule has 382 valence electrons. The van der Waals surface area contributed by atoms with Crippen molar-refractivity contribution < 1.29 is 25.8 Å². The fourth-order valence-corrected chi connectivity index (χ4v) is 9.83. The normalized spacial score (nSPS) is 13.4. The van der Waals surface area contributed by atoms with E-state index in [1.807, 2.05) is 18.3 Å². The van der Waals surface area contributed by atoms with E-state index in [1.54, 1.807) is 0 Å². The molecule has 0 radical (unpaired) electrons. The molecule has 6 heteroatoms. The zero-order chi connectivity index (χ0) is 52.0. The third kappa shape index (κ3) is 10.3. The quantitative estimate of drug-likeness (QED) is 0.149. The van der Waals surface area contributed by atoms with E-state index >= 15 is 0 Å². The summed E-state index contributed by atoms with van der Waals surface area (Å²) < 4.78 is 9.08. The van der Waals surface area contributed by atoms with Crippen LogP contribution in [0.2, 0.25) is 0 Å². The molecule has 74 heavy (non-hydrogen) atoms. The van der Waals surface area contributed by atoms with E-state index in [4.69, 9.17) is 9.72 Å². The average molecular weight is 1160 g/mol. The maximum absolute atomic E-state index is 6.83. The maximum atomic E-state index is 6.83. The Morgan fingerprint density at radius 2 is 1.04 bits per heavy atom. The molecular weight excluding hydrogens is 1080 g/mol. The van der Waals surface area contributed by atoms with Gasteiger partial charge in [-0.2, -0.15) is 12.1 Å². The van der Waals surface area contributed by atoms with Crippen LogP contribution in [-0.4, -0.2) is 9.55 Å². The topological polar surface area (TPSA) is 33.5 Å². The molecule has 5 nitrogen and oxygen atoms in total. The third-order valence-corrected chi connectivity index (χ3v) is 14.5. The first kappa shape index (κ1) is 52.4. The van der Waals surface area contributed by atoms with Gasteiger partial charge >= 0.3 is 0 Å². The van der Waals surface area contributed by atoms with Gasteiger partial charge in [0.25, 0.3) is 0 Å². The number of pyridine rings is 1. The minimum Gasteiger partial charge on any atom is -0.509 e. The molecule has 0 bridgehead atoms.